The fraction of sp³-hybridized carbons (Fsp3) is 0.571. The molecule has 12 nitrogen and oxygen atoms in total. The molecule has 43 heavy (non-hydrogen) atoms. The molecule has 1 aliphatic carbocycles. The highest BCUT2D eigenvalue weighted by atomic mass is 19.4. The Bertz CT molecular complexity index is 1410. The minimum absolute atomic E-state index is 0.0520. The third kappa shape index (κ3) is 5.95. The highest BCUT2D eigenvalue weighted by Gasteiger charge is 2.70. The van der Waals surface area contributed by atoms with E-state index in [-0.39, 0.29) is 47.2 Å². The number of para-hydroxylation sites is 1. The van der Waals surface area contributed by atoms with E-state index in [0.717, 1.165) is 4.90 Å². The fourth-order valence-electron chi connectivity index (χ4n) is 5.98. The molecule has 232 valence electrons. The largest absolute Gasteiger partial charge is 0.478 e. The van der Waals surface area contributed by atoms with E-state index in [0.29, 0.717) is 0 Å². The van der Waals surface area contributed by atoms with Crippen molar-refractivity contribution in [3.8, 4) is 11.8 Å². The van der Waals surface area contributed by atoms with Crippen LogP contribution >= 0.6 is 0 Å². The second-order valence-electron chi connectivity index (χ2n) is 12.7. The van der Waals surface area contributed by atoms with Gasteiger partial charge in [-0.05, 0) is 34.8 Å². The van der Waals surface area contributed by atoms with Gasteiger partial charge in [0.1, 0.15) is 35.6 Å². The number of hydrogen-bond acceptors (Lipinski definition) is 7. The number of nitrogens with two attached hydrogens (primary N) is 1. The van der Waals surface area contributed by atoms with Gasteiger partial charge >= 0.3 is 12.1 Å². The molecule has 2 heterocycles. The van der Waals surface area contributed by atoms with Crippen LogP contribution in [0.1, 0.15) is 46.6 Å². The number of halogens is 3. The number of piperidine rings is 1. The number of fused-ring (bicyclic) bond motifs is 2. The number of carbonyl (C=O) groups excluding carboxylic acids is 5. The van der Waals surface area contributed by atoms with Gasteiger partial charge in [0.25, 0.3) is 5.91 Å². The first kappa shape index (κ1) is 31.6. The van der Waals surface area contributed by atoms with Crippen molar-refractivity contribution in [2.24, 2.45) is 28.4 Å². The number of primary amides is 1. The molecule has 1 saturated carbocycles. The second-order valence-corrected chi connectivity index (χ2v) is 12.7. The molecule has 1 aromatic rings. The summed E-state index contributed by atoms with van der Waals surface area (Å²) >= 11 is 0. The molecule has 4 rings (SSSR count). The molecule has 1 saturated heterocycles. The first-order valence-corrected chi connectivity index (χ1v) is 13.6. The molecular weight excluding hydrogens is 573 g/mol. The normalized spacial score (nSPS) is 25.1. The molecule has 15 heteroatoms. The molecule has 3 aliphatic rings. The molecule has 0 aromatic heterocycles. The molecule has 0 radical (unpaired) electrons. The number of nitrogens with zero attached hydrogens (tertiary/aromatic N) is 2. The van der Waals surface area contributed by atoms with Crippen molar-refractivity contribution >= 4 is 35.2 Å². The SMILES string of the molecule is CC(C)(C)[C@H](NC(=O)C(F)(F)F)C(=O)N1C[C@H]2[C@@H]([C@H]1C(=O)N[C@@H](C[C@@H]1Oc3cccc(C#N)c3NC1=O)C(N)=O)C2(C)C. The van der Waals surface area contributed by atoms with Gasteiger partial charge in [-0.15, -0.1) is 0 Å². The van der Waals surface area contributed by atoms with Gasteiger partial charge < -0.3 is 31.3 Å². The van der Waals surface area contributed by atoms with Crippen LogP contribution in [0.15, 0.2) is 18.2 Å². The lowest BCUT2D eigenvalue weighted by Gasteiger charge is -2.38. The van der Waals surface area contributed by atoms with Gasteiger partial charge in [-0.1, -0.05) is 40.7 Å². The summed E-state index contributed by atoms with van der Waals surface area (Å²) in [5.74, 6) is -5.96. The van der Waals surface area contributed by atoms with Gasteiger partial charge in [0.05, 0.1) is 5.56 Å². The molecule has 0 bridgehead atoms. The lowest BCUT2D eigenvalue weighted by atomic mass is 9.85. The van der Waals surface area contributed by atoms with E-state index in [1.54, 1.807) is 11.4 Å². The van der Waals surface area contributed by atoms with E-state index in [2.05, 4.69) is 10.6 Å². The number of nitrogens with one attached hydrogen (secondary N) is 3. The molecular formula is C28H33F3N6O6. The number of hydrogen-bond donors (Lipinski definition) is 4. The lowest BCUT2D eigenvalue weighted by molar-refractivity contribution is -0.176. The molecule has 1 aromatic carbocycles. The summed E-state index contributed by atoms with van der Waals surface area (Å²) in [7, 11) is 0. The van der Waals surface area contributed by atoms with Crippen molar-refractivity contribution in [2.75, 3.05) is 11.9 Å². The van der Waals surface area contributed by atoms with Crippen molar-refractivity contribution < 1.29 is 41.9 Å². The maximum Gasteiger partial charge on any atom is 0.471 e. The Hall–Kier alpha value is -4.35. The number of amides is 5. The maximum atomic E-state index is 13.7. The Morgan fingerprint density at radius 3 is 2.42 bits per heavy atom. The van der Waals surface area contributed by atoms with E-state index in [1.807, 2.05) is 19.9 Å². The zero-order valence-corrected chi connectivity index (χ0v) is 24.2. The zero-order valence-electron chi connectivity index (χ0n) is 24.2. The van der Waals surface area contributed by atoms with Crippen LogP contribution in [0.3, 0.4) is 0 Å². The van der Waals surface area contributed by atoms with Crippen molar-refractivity contribution in [1.29, 1.82) is 5.26 Å². The molecule has 5 amide bonds. The average molecular weight is 607 g/mol. The van der Waals surface area contributed by atoms with Crippen LogP contribution in [0.5, 0.6) is 5.75 Å². The third-order valence-electron chi connectivity index (χ3n) is 8.47. The number of nitriles is 1. The predicted octanol–water partition coefficient (Wildman–Crippen LogP) is 1.19. The Kier molecular flexibility index (Phi) is 7.88. The topological polar surface area (TPSA) is 184 Å². The lowest BCUT2D eigenvalue weighted by Crippen LogP contribution is -2.61. The molecule has 2 fully saturated rings. The standard InChI is InChI=1S/C28H33F3N6O6/c1-26(2,3)20(36-25(42)28(29,30)31)24(41)37-11-13-17(27(13,4)5)19(37)23(40)34-14(21(33)38)9-16-22(39)35-18-12(10-32)7-6-8-15(18)43-16/h6-8,13-14,16-17,19-20H,9,11H2,1-5H3,(H2,33,38)(H,34,40)(H,35,39)(H,36,42)/t13-,14-,16-,17-,19-,20+/m0/s1. The fourth-order valence-corrected chi connectivity index (χ4v) is 5.98. The van der Waals surface area contributed by atoms with Crippen LogP contribution in [0.2, 0.25) is 0 Å². The van der Waals surface area contributed by atoms with E-state index >= 15 is 0 Å². The van der Waals surface area contributed by atoms with Crippen LogP contribution in [-0.2, 0) is 24.0 Å². The van der Waals surface area contributed by atoms with E-state index < -0.39 is 65.4 Å². The van der Waals surface area contributed by atoms with Crippen molar-refractivity contribution in [3.05, 3.63) is 23.8 Å². The van der Waals surface area contributed by atoms with Crippen LogP contribution in [0.25, 0.3) is 0 Å². The number of carbonyl (C=O) groups is 5. The number of alkyl halides is 3. The van der Waals surface area contributed by atoms with E-state index in [1.165, 1.54) is 32.9 Å². The monoisotopic (exact) mass is 606 g/mol. The quantitative estimate of drug-likeness (QED) is 0.359. The average Bonchev–Trinajstić information content (AvgIpc) is 3.21. The van der Waals surface area contributed by atoms with Gasteiger partial charge in [-0.2, -0.15) is 18.4 Å². The number of likely N-dealkylation sites (tertiary alicyclic amines) is 1. The molecule has 2 aliphatic heterocycles. The Morgan fingerprint density at radius 2 is 1.86 bits per heavy atom. The van der Waals surface area contributed by atoms with Crippen LogP contribution in [0, 0.1) is 34.0 Å². The smallest absolute Gasteiger partial charge is 0.471 e. The van der Waals surface area contributed by atoms with Crippen molar-refractivity contribution in [2.45, 2.75) is 71.4 Å². The van der Waals surface area contributed by atoms with Crippen molar-refractivity contribution in [1.82, 2.24) is 15.5 Å². The molecule has 0 spiro atoms. The molecule has 6 atom stereocenters. The highest BCUT2D eigenvalue weighted by Crippen LogP contribution is 2.65. The van der Waals surface area contributed by atoms with Crippen LogP contribution in [0.4, 0.5) is 18.9 Å². The minimum atomic E-state index is -5.23. The minimum Gasteiger partial charge on any atom is -0.478 e. The van der Waals surface area contributed by atoms with Crippen molar-refractivity contribution in [3.63, 3.8) is 0 Å². The molecule has 5 N–H and O–H groups in total. The summed E-state index contributed by atoms with van der Waals surface area (Å²) in [6.45, 7) is 8.27. The first-order valence-electron chi connectivity index (χ1n) is 13.6. The van der Waals surface area contributed by atoms with Crippen LogP contribution in [-0.4, -0.2) is 71.4 Å². The number of ether oxygens (including phenoxy) is 1. The summed E-state index contributed by atoms with van der Waals surface area (Å²) < 4.78 is 44.9. The number of rotatable bonds is 7. The van der Waals surface area contributed by atoms with Gasteiger partial charge in [0.2, 0.25) is 17.7 Å². The van der Waals surface area contributed by atoms with Gasteiger partial charge in [0.15, 0.2) is 6.10 Å². The van der Waals surface area contributed by atoms with E-state index in [9.17, 15) is 42.4 Å². The van der Waals surface area contributed by atoms with Gasteiger partial charge in [-0.3, -0.25) is 24.0 Å². The third-order valence-corrected chi connectivity index (χ3v) is 8.47. The Morgan fingerprint density at radius 1 is 1.21 bits per heavy atom. The van der Waals surface area contributed by atoms with E-state index in [4.69, 9.17) is 10.5 Å². The van der Waals surface area contributed by atoms with Gasteiger partial charge in [-0.25, -0.2) is 0 Å². The number of anilines is 1. The van der Waals surface area contributed by atoms with Crippen LogP contribution < -0.4 is 26.4 Å². The first-order chi connectivity index (χ1) is 19.8. The van der Waals surface area contributed by atoms with Gasteiger partial charge in [0, 0.05) is 13.0 Å². The molecule has 0 unspecified atom stereocenters. The zero-order chi connectivity index (χ0) is 32.2. The number of benzene rings is 1. The second kappa shape index (κ2) is 10.7. The summed E-state index contributed by atoms with van der Waals surface area (Å²) in [4.78, 5) is 65.5. The summed E-state index contributed by atoms with van der Waals surface area (Å²) in [6, 6.07) is 2.26. The summed E-state index contributed by atoms with van der Waals surface area (Å²) in [5, 5.41) is 16.1. The Balaban J connectivity index is 1.55. The predicted molar refractivity (Wildman–Crippen MR) is 144 cm³/mol. The maximum absolute atomic E-state index is 13.7. The summed E-state index contributed by atoms with van der Waals surface area (Å²) in [6.07, 6.45) is -6.88. The highest BCUT2D eigenvalue weighted by molar-refractivity contribution is 6.00. The summed E-state index contributed by atoms with van der Waals surface area (Å²) in [5.41, 5.74) is 4.36. The Labute approximate surface area is 245 Å².